The molecule has 0 atom stereocenters. The van der Waals surface area contributed by atoms with Crippen molar-refractivity contribution >= 4 is 22.1 Å². The molecule has 1 aromatic rings. The zero-order valence-corrected chi connectivity index (χ0v) is 15.6. The minimum atomic E-state index is -6.43. The molecule has 0 aromatic carbocycles. The Hall–Kier alpha value is -1.09. The predicted octanol–water partition coefficient (Wildman–Crippen LogP) is 2.89. The summed E-state index contributed by atoms with van der Waals surface area (Å²) in [7, 11) is -6.29. The molecule has 1 fully saturated rings. The van der Waals surface area contributed by atoms with Crippen LogP contribution in [0.25, 0.3) is 0 Å². The summed E-state index contributed by atoms with van der Waals surface area (Å²) < 4.78 is 109. The molecule has 0 bridgehead atoms. The largest absolute Gasteiger partial charge is 0.691 e. The molecule has 0 amide bonds. The van der Waals surface area contributed by atoms with Crippen molar-refractivity contribution in [2.75, 3.05) is 0 Å². The average molecular weight is 455 g/mol. The van der Waals surface area contributed by atoms with Crippen LogP contribution in [0.4, 0.5) is 26.3 Å². The summed E-state index contributed by atoms with van der Waals surface area (Å²) in [5.74, 6) is -6.37. The van der Waals surface area contributed by atoms with Gasteiger partial charge in [-0.1, -0.05) is 23.2 Å². The van der Waals surface area contributed by atoms with Gasteiger partial charge in [-0.3, -0.25) is 5.04 Å². The maximum atomic E-state index is 14.0. The molecule has 0 unspecified atom stereocenters. The molecule has 6 nitrogen and oxygen atoms in total. The highest BCUT2D eigenvalue weighted by Crippen LogP contribution is 2.53. The Bertz CT molecular complexity index is 769. The molecule has 0 spiro atoms. The van der Waals surface area contributed by atoms with E-state index in [-0.39, 0.29) is 9.89 Å². The van der Waals surface area contributed by atoms with Crippen LogP contribution in [-0.2, 0) is 19.4 Å². The summed E-state index contributed by atoms with van der Waals surface area (Å²) in [4.78, 5) is 0. The van der Waals surface area contributed by atoms with E-state index in [2.05, 4.69) is 9.37 Å². The third-order valence-electron chi connectivity index (χ3n) is 4.40. The van der Waals surface area contributed by atoms with E-state index >= 15 is 0 Å². The summed E-state index contributed by atoms with van der Waals surface area (Å²) in [5, 5.41) is -0.102. The molecule has 1 aliphatic carbocycles. The molecule has 28 heavy (non-hydrogen) atoms. The number of aromatic nitrogens is 1. The topological polar surface area (TPSA) is 79.5 Å². The number of alkyl halides is 6. The van der Waals surface area contributed by atoms with Gasteiger partial charge in [0.25, 0.3) is 0 Å². The molecule has 1 heterocycles. The van der Waals surface area contributed by atoms with Gasteiger partial charge in [0.15, 0.2) is 12.4 Å². The molecule has 0 N–H and O–H groups in total. The van der Waals surface area contributed by atoms with E-state index in [9.17, 15) is 40.0 Å². The van der Waals surface area contributed by atoms with Crippen LogP contribution in [0.2, 0.25) is 0 Å². The minimum Gasteiger partial charge on any atom is -0.691 e. The Kier molecular flexibility index (Phi) is 6.91. The summed E-state index contributed by atoms with van der Waals surface area (Å²) in [6.07, 6.45) is 5.71. The lowest BCUT2D eigenvalue weighted by atomic mass is 9.85. The third-order valence-corrected chi connectivity index (χ3v) is 6.70. The number of nitrogens with zero attached hydrogens (tertiary/aromatic N) is 1. The number of hydrogen-bond acceptors (Lipinski definition) is 6. The van der Waals surface area contributed by atoms with E-state index in [0.29, 0.717) is 18.0 Å². The van der Waals surface area contributed by atoms with Gasteiger partial charge in [0, 0.05) is 12.1 Å². The van der Waals surface area contributed by atoms with Crippen molar-refractivity contribution in [2.24, 2.45) is 0 Å². The van der Waals surface area contributed by atoms with Crippen LogP contribution in [0.15, 0.2) is 24.5 Å². The Balaban J connectivity index is 2.33. The van der Waals surface area contributed by atoms with Gasteiger partial charge in [0.05, 0.1) is 0 Å². The Morgan fingerprint density at radius 1 is 1.04 bits per heavy atom. The zero-order chi connectivity index (χ0) is 21.2. The average Bonchev–Trinajstić information content (AvgIpc) is 2.66. The van der Waals surface area contributed by atoms with E-state index in [1.165, 1.54) is 12.1 Å². The van der Waals surface area contributed by atoms with Gasteiger partial charge >= 0.3 is 26.5 Å². The van der Waals surface area contributed by atoms with Gasteiger partial charge in [-0.15, -0.1) is 0 Å². The van der Waals surface area contributed by atoms with Crippen molar-refractivity contribution < 1.29 is 53.4 Å². The molecular formula is C14H15F6NO5S2. The quantitative estimate of drug-likeness (QED) is 0.197. The lowest BCUT2D eigenvalue weighted by molar-refractivity contribution is -0.777. The Labute approximate surface area is 160 Å². The van der Waals surface area contributed by atoms with Crippen LogP contribution in [0.1, 0.15) is 43.6 Å². The summed E-state index contributed by atoms with van der Waals surface area (Å²) in [6, 6.07) is 2.34. The molecular weight excluding hydrogens is 440 g/mol. The zero-order valence-electron chi connectivity index (χ0n) is 14.0. The van der Waals surface area contributed by atoms with Crippen molar-refractivity contribution in [1.29, 1.82) is 0 Å². The van der Waals surface area contributed by atoms with Gasteiger partial charge in [-0.05, 0) is 24.3 Å². The minimum absolute atomic E-state index is 0.0676. The van der Waals surface area contributed by atoms with Crippen molar-refractivity contribution in [1.82, 2.24) is 0 Å². The number of pyridine rings is 1. The van der Waals surface area contributed by atoms with Crippen LogP contribution >= 0.6 is 12.0 Å². The number of hydrogen-bond donors (Lipinski definition) is 0. The van der Waals surface area contributed by atoms with E-state index in [1.54, 1.807) is 0 Å². The second-order valence-corrected chi connectivity index (χ2v) is 8.83. The summed E-state index contributed by atoms with van der Waals surface area (Å²) in [6.45, 7) is 0. The van der Waals surface area contributed by atoms with Gasteiger partial charge in [-0.25, -0.2) is 0 Å². The van der Waals surface area contributed by atoms with Crippen molar-refractivity contribution in [3.8, 4) is 0 Å². The van der Waals surface area contributed by atoms with E-state index in [4.69, 9.17) is 0 Å². The first-order chi connectivity index (χ1) is 12.9. The normalized spacial score (nSPS) is 17.7. The Morgan fingerprint density at radius 2 is 1.57 bits per heavy atom. The lowest BCUT2D eigenvalue weighted by Crippen LogP contribution is -2.64. The molecule has 1 aromatic heterocycles. The van der Waals surface area contributed by atoms with E-state index in [0.717, 1.165) is 32.1 Å². The highest BCUT2D eigenvalue weighted by molar-refractivity contribution is 7.95. The molecule has 1 aliphatic rings. The van der Waals surface area contributed by atoms with E-state index in [1.807, 2.05) is 0 Å². The molecule has 0 aliphatic heterocycles. The van der Waals surface area contributed by atoms with Crippen molar-refractivity contribution in [3.63, 3.8) is 0 Å². The molecule has 14 heteroatoms. The number of rotatable bonds is 8. The smallest absolute Gasteiger partial charge is 0.475 e. The molecule has 2 rings (SSSR count). The maximum Gasteiger partial charge on any atom is 0.475 e. The second kappa shape index (κ2) is 8.34. The van der Waals surface area contributed by atoms with Crippen LogP contribution in [-0.4, -0.2) is 24.8 Å². The molecule has 1 saturated carbocycles. The first-order valence-electron chi connectivity index (χ1n) is 7.92. The van der Waals surface area contributed by atoms with Gasteiger partial charge in [-0.2, -0.15) is 39.1 Å². The van der Waals surface area contributed by atoms with Gasteiger partial charge in [0.1, 0.15) is 12.0 Å². The monoisotopic (exact) mass is 455 g/mol. The van der Waals surface area contributed by atoms with E-state index < -0.39 is 38.5 Å². The van der Waals surface area contributed by atoms with Crippen LogP contribution in [0.3, 0.4) is 0 Å². The SMILES string of the molecule is O=S(=O)([n+]1ccc(C2CCCCC2)cc1)C(F)(F)C(F)(F)C(F)(F)SOO[O-]. The van der Waals surface area contributed by atoms with Crippen LogP contribution in [0.5, 0.6) is 0 Å². The highest BCUT2D eigenvalue weighted by Gasteiger charge is 2.81. The van der Waals surface area contributed by atoms with Crippen molar-refractivity contribution in [2.45, 2.75) is 54.5 Å². The standard InChI is InChI=1S/C14H15F6NO5S2/c15-12(16,13(17,18)27-26-25-22)14(19,20)28(23,24)21-8-6-11(7-9-21)10-4-2-1-3-5-10/h6-10H,1-5H2. The van der Waals surface area contributed by atoms with Crippen LogP contribution in [0, 0.1) is 0 Å². The first-order valence-corrected chi connectivity index (χ1v) is 10.1. The predicted molar refractivity (Wildman–Crippen MR) is 81.4 cm³/mol. The third kappa shape index (κ3) is 4.10. The second-order valence-electron chi connectivity index (χ2n) is 6.13. The maximum absolute atomic E-state index is 14.0. The fourth-order valence-corrected chi connectivity index (χ4v) is 4.44. The highest BCUT2D eigenvalue weighted by atomic mass is 32.2. The lowest BCUT2D eigenvalue weighted by Gasteiger charge is -2.28. The van der Waals surface area contributed by atoms with Gasteiger partial charge < -0.3 is 5.26 Å². The number of halogens is 6. The summed E-state index contributed by atoms with van der Waals surface area (Å²) >= 11 is -1.73. The van der Waals surface area contributed by atoms with Gasteiger partial charge in [0.2, 0.25) is 0 Å². The van der Waals surface area contributed by atoms with Crippen molar-refractivity contribution in [3.05, 3.63) is 30.1 Å². The molecule has 0 saturated heterocycles. The fourth-order valence-electron chi connectivity index (χ4n) is 2.87. The molecule has 160 valence electrons. The fraction of sp³-hybridized carbons (Fsp3) is 0.643. The molecule has 0 radical (unpaired) electrons. The first kappa shape index (κ1) is 23.2. The Morgan fingerprint density at radius 3 is 2.07 bits per heavy atom. The summed E-state index contributed by atoms with van der Waals surface area (Å²) in [5.41, 5.74) is 0.628. The van der Waals surface area contributed by atoms with Crippen LogP contribution < -0.4 is 9.23 Å².